The van der Waals surface area contributed by atoms with Gasteiger partial charge in [0.2, 0.25) is 0 Å². The van der Waals surface area contributed by atoms with Crippen molar-refractivity contribution >= 4 is 0 Å². The molecule has 0 amide bonds. The van der Waals surface area contributed by atoms with E-state index >= 15 is 0 Å². The summed E-state index contributed by atoms with van der Waals surface area (Å²) in [4.78, 5) is 12.1. The van der Waals surface area contributed by atoms with Crippen LogP contribution in [0.5, 0.6) is 5.75 Å². The van der Waals surface area contributed by atoms with Gasteiger partial charge in [0.15, 0.2) is 0 Å². The molecular formula is C19H18N2O2. The summed E-state index contributed by atoms with van der Waals surface area (Å²) in [5.74, 6) is 0.804. The third kappa shape index (κ3) is 3.31. The molecule has 0 fully saturated rings. The van der Waals surface area contributed by atoms with E-state index in [0.29, 0.717) is 12.0 Å². The molecule has 23 heavy (non-hydrogen) atoms. The summed E-state index contributed by atoms with van der Waals surface area (Å²) >= 11 is 0. The number of aromatic amines is 1. The molecule has 2 aromatic carbocycles. The maximum absolute atomic E-state index is 12.1. The summed E-state index contributed by atoms with van der Waals surface area (Å²) in [6.45, 7) is 2.03. The van der Waals surface area contributed by atoms with E-state index in [1.807, 2.05) is 61.5 Å². The van der Waals surface area contributed by atoms with Gasteiger partial charge in [0.1, 0.15) is 5.75 Å². The van der Waals surface area contributed by atoms with Crippen molar-refractivity contribution in [1.29, 1.82) is 0 Å². The first kappa shape index (κ1) is 15.0. The largest absolute Gasteiger partial charge is 0.497 e. The molecule has 3 rings (SSSR count). The van der Waals surface area contributed by atoms with Crippen LogP contribution in [0, 0.1) is 6.92 Å². The molecule has 4 nitrogen and oxygen atoms in total. The first-order valence-corrected chi connectivity index (χ1v) is 7.45. The SMILES string of the molecule is COc1ccc(Cc2cc(-c3ccccc3C)n[nH]c2=O)cc1. The smallest absolute Gasteiger partial charge is 0.267 e. The van der Waals surface area contributed by atoms with Crippen LogP contribution in [0.15, 0.2) is 59.4 Å². The topological polar surface area (TPSA) is 55.0 Å². The Hall–Kier alpha value is -2.88. The van der Waals surface area contributed by atoms with Crippen LogP contribution in [0.2, 0.25) is 0 Å². The summed E-state index contributed by atoms with van der Waals surface area (Å²) in [6, 6.07) is 17.6. The number of methoxy groups -OCH3 is 1. The summed E-state index contributed by atoms with van der Waals surface area (Å²) in [6.07, 6.45) is 0.556. The van der Waals surface area contributed by atoms with Gasteiger partial charge in [0.05, 0.1) is 12.8 Å². The lowest BCUT2D eigenvalue weighted by Crippen LogP contribution is -2.15. The number of hydrogen-bond donors (Lipinski definition) is 1. The van der Waals surface area contributed by atoms with Crippen LogP contribution in [0.25, 0.3) is 11.3 Å². The molecule has 0 unspecified atom stereocenters. The molecule has 116 valence electrons. The van der Waals surface area contributed by atoms with Crippen molar-refractivity contribution in [3.8, 4) is 17.0 Å². The van der Waals surface area contributed by atoms with Crippen LogP contribution >= 0.6 is 0 Å². The fourth-order valence-electron chi connectivity index (χ4n) is 2.54. The van der Waals surface area contributed by atoms with Gasteiger partial charge < -0.3 is 4.74 Å². The van der Waals surface area contributed by atoms with E-state index in [1.165, 1.54) is 0 Å². The van der Waals surface area contributed by atoms with E-state index < -0.39 is 0 Å². The van der Waals surface area contributed by atoms with Gasteiger partial charge in [-0.15, -0.1) is 0 Å². The molecule has 0 saturated heterocycles. The molecule has 4 heteroatoms. The Morgan fingerprint density at radius 1 is 1.09 bits per heavy atom. The molecule has 0 aliphatic rings. The monoisotopic (exact) mass is 306 g/mol. The van der Waals surface area contributed by atoms with Crippen LogP contribution in [0.1, 0.15) is 16.7 Å². The predicted molar refractivity (Wildman–Crippen MR) is 90.8 cm³/mol. The van der Waals surface area contributed by atoms with Crippen molar-refractivity contribution < 1.29 is 4.74 Å². The Bertz CT molecular complexity index is 867. The van der Waals surface area contributed by atoms with Crippen molar-refractivity contribution in [1.82, 2.24) is 10.2 Å². The highest BCUT2D eigenvalue weighted by Gasteiger charge is 2.08. The molecule has 0 aliphatic heterocycles. The Labute approximate surface area is 134 Å². The number of rotatable bonds is 4. The fraction of sp³-hybridized carbons (Fsp3) is 0.158. The molecular weight excluding hydrogens is 288 g/mol. The fourth-order valence-corrected chi connectivity index (χ4v) is 2.54. The second-order valence-electron chi connectivity index (χ2n) is 5.45. The van der Waals surface area contributed by atoms with Gasteiger partial charge >= 0.3 is 0 Å². The van der Waals surface area contributed by atoms with Crippen LogP contribution in [0.4, 0.5) is 0 Å². The van der Waals surface area contributed by atoms with E-state index in [0.717, 1.165) is 28.1 Å². The van der Waals surface area contributed by atoms with Gasteiger partial charge in [-0.1, -0.05) is 36.4 Å². The first-order chi connectivity index (χ1) is 11.2. The molecule has 1 heterocycles. The van der Waals surface area contributed by atoms with Crippen LogP contribution in [0.3, 0.4) is 0 Å². The van der Waals surface area contributed by atoms with E-state index in [1.54, 1.807) is 7.11 Å². The van der Waals surface area contributed by atoms with Gasteiger partial charge in [0.25, 0.3) is 5.56 Å². The second kappa shape index (κ2) is 6.48. The predicted octanol–water partition coefficient (Wildman–Crippen LogP) is 3.34. The van der Waals surface area contributed by atoms with Gasteiger partial charge in [0, 0.05) is 17.5 Å². The Balaban J connectivity index is 1.94. The minimum atomic E-state index is -0.154. The minimum Gasteiger partial charge on any atom is -0.497 e. The highest BCUT2D eigenvalue weighted by molar-refractivity contribution is 5.63. The van der Waals surface area contributed by atoms with Gasteiger partial charge in [-0.2, -0.15) is 5.10 Å². The molecule has 0 atom stereocenters. The molecule has 0 saturated carbocycles. The van der Waals surface area contributed by atoms with Crippen molar-refractivity contribution in [2.75, 3.05) is 7.11 Å². The normalized spacial score (nSPS) is 10.5. The maximum Gasteiger partial charge on any atom is 0.267 e. The van der Waals surface area contributed by atoms with Gasteiger partial charge in [-0.25, -0.2) is 5.10 Å². The zero-order valence-corrected chi connectivity index (χ0v) is 13.2. The number of hydrogen-bond acceptors (Lipinski definition) is 3. The third-order valence-electron chi connectivity index (χ3n) is 3.86. The molecule has 0 spiro atoms. The Kier molecular flexibility index (Phi) is 4.24. The zero-order valence-electron chi connectivity index (χ0n) is 13.2. The maximum atomic E-state index is 12.1. The second-order valence-corrected chi connectivity index (χ2v) is 5.45. The minimum absolute atomic E-state index is 0.154. The molecule has 1 N–H and O–H groups in total. The van der Waals surface area contributed by atoms with Gasteiger partial charge in [-0.05, 0) is 36.2 Å². The number of benzene rings is 2. The van der Waals surface area contributed by atoms with Gasteiger partial charge in [-0.3, -0.25) is 4.79 Å². The van der Waals surface area contributed by atoms with Crippen molar-refractivity contribution in [2.24, 2.45) is 0 Å². The molecule has 3 aromatic rings. The Morgan fingerprint density at radius 2 is 1.83 bits per heavy atom. The van der Waals surface area contributed by atoms with E-state index in [4.69, 9.17) is 4.74 Å². The zero-order chi connectivity index (χ0) is 16.2. The highest BCUT2D eigenvalue weighted by Crippen LogP contribution is 2.21. The molecule has 0 aliphatic carbocycles. The van der Waals surface area contributed by atoms with Crippen LogP contribution < -0.4 is 10.3 Å². The van der Waals surface area contributed by atoms with Crippen molar-refractivity contribution in [2.45, 2.75) is 13.3 Å². The number of ether oxygens (including phenoxy) is 1. The number of aromatic nitrogens is 2. The quantitative estimate of drug-likeness (QED) is 0.804. The number of aryl methyl sites for hydroxylation is 1. The standard InChI is InChI=1S/C19H18N2O2/c1-13-5-3-4-6-17(13)18-12-15(19(22)21-20-18)11-14-7-9-16(23-2)10-8-14/h3-10,12H,11H2,1-2H3,(H,21,22). The lowest BCUT2D eigenvalue weighted by atomic mass is 10.0. The highest BCUT2D eigenvalue weighted by atomic mass is 16.5. The summed E-state index contributed by atoms with van der Waals surface area (Å²) < 4.78 is 5.16. The molecule has 0 radical (unpaired) electrons. The number of nitrogens with zero attached hydrogens (tertiary/aromatic N) is 1. The lowest BCUT2D eigenvalue weighted by molar-refractivity contribution is 0.414. The average Bonchev–Trinajstić information content (AvgIpc) is 2.58. The van der Waals surface area contributed by atoms with E-state index in [2.05, 4.69) is 10.2 Å². The summed E-state index contributed by atoms with van der Waals surface area (Å²) in [5.41, 5.74) is 4.54. The summed E-state index contributed by atoms with van der Waals surface area (Å²) in [5, 5.41) is 6.79. The Morgan fingerprint density at radius 3 is 2.52 bits per heavy atom. The third-order valence-corrected chi connectivity index (χ3v) is 3.86. The van der Waals surface area contributed by atoms with E-state index in [-0.39, 0.29) is 5.56 Å². The molecule has 1 aromatic heterocycles. The number of H-pyrrole nitrogens is 1. The lowest BCUT2D eigenvalue weighted by Gasteiger charge is -2.07. The van der Waals surface area contributed by atoms with Crippen molar-refractivity contribution in [3.63, 3.8) is 0 Å². The van der Waals surface area contributed by atoms with Crippen LogP contribution in [-0.2, 0) is 6.42 Å². The van der Waals surface area contributed by atoms with Crippen LogP contribution in [-0.4, -0.2) is 17.3 Å². The summed E-state index contributed by atoms with van der Waals surface area (Å²) in [7, 11) is 1.64. The average molecular weight is 306 g/mol. The molecule has 0 bridgehead atoms. The first-order valence-electron chi connectivity index (χ1n) is 7.45. The number of nitrogens with one attached hydrogen (secondary N) is 1. The van der Waals surface area contributed by atoms with E-state index in [9.17, 15) is 4.79 Å². The van der Waals surface area contributed by atoms with Crippen molar-refractivity contribution in [3.05, 3.63) is 81.6 Å².